The van der Waals surface area contributed by atoms with Crippen molar-refractivity contribution in [3.05, 3.63) is 124 Å². The van der Waals surface area contributed by atoms with Gasteiger partial charge in [0.1, 0.15) is 0 Å². The highest BCUT2D eigenvalue weighted by Crippen LogP contribution is 2.32. The predicted octanol–water partition coefficient (Wildman–Crippen LogP) is 6.72. The minimum absolute atomic E-state index is 0.212. The van der Waals surface area contributed by atoms with Crippen molar-refractivity contribution in [3.8, 4) is 11.1 Å². The molecule has 4 aromatic rings. The summed E-state index contributed by atoms with van der Waals surface area (Å²) in [6, 6.07) is 27.6. The molecule has 0 heterocycles. The van der Waals surface area contributed by atoms with Gasteiger partial charge in [0.15, 0.2) is 11.6 Å². The van der Waals surface area contributed by atoms with Crippen molar-refractivity contribution in [2.45, 2.75) is 26.2 Å². The number of amides is 1. The molecule has 0 fully saturated rings. The number of rotatable bonds is 6. The molecule has 4 heteroatoms. The van der Waals surface area contributed by atoms with Gasteiger partial charge in [-0.2, -0.15) is 0 Å². The summed E-state index contributed by atoms with van der Waals surface area (Å²) in [5.41, 5.74) is 5.56. The number of fused-ring (bicyclic) bond motifs is 2. The summed E-state index contributed by atoms with van der Waals surface area (Å²) in [6.45, 7) is 2.19. The van der Waals surface area contributed by atoms with E-state index < -0.39 is 0 Å². The average Bonchev–Trinajstić information content (AvgIpc) is 2.91. The number of carbonyl (C=O) groups is 3. The molecule has 0 atom stereocenters. The van der Waals surface area contributed by atoms with E-state index in [0.29, 0.717) is 27.9 Å². The third-order valence-electron chi connectivity index (χ3n) is 6.45. The Kier molecular flexibility index (Phi) is 6.11. The highest BCUT2D eigenvalue weighted by atomic mass is 16.2. The van der Waals surface area contributed by atoms with Gasteiger partial charge in [-0.25, -0.2) is 0 Å². The zero-order valence-electron chi connectivity index (χ0n) is 19.5. The van der Waals surface area contributed by atoms with Gasteiger partial charge in [-0.05, 0) is 47.7 Å². The first-order chi connectivity index (χ1) is 17.1. The van der Waals surface area contributed by atoms with Crippen LogP contribution in [0.2, 0.25) is 0 Å². The Morgan fingerprint density at radius 2 is 1.29 bits per heavy atom. The largest absolute Gasteiger partial charge is 0.321 e. The van der Waals surface area contributed by atoms with E-state index in [0.717, 1.165) is 17.5 Å². The molecule has 1 aliphatic rings. The minimum atomic E-state index is -0.334. The lowest BCUT2D eigenvalue weighted by atomic mass is 9.83. The van der Waals surface area contributed by atoms with Crippen molar-refractivity contribution < 1.29 is 14.4 Å². The molecule has 1 aliphatic carbocycles. The molecule has 0 aliphatic heterocycles. The van der Waals surface area contributed by atoms with E-state index in [2.05, 4.69) is 36.5 Å². The van der Waals surface area contributed by atoms with Crippen molar-refractivity contribution >= 4 is 23.2 Å². The normalized spacial score (nSPS) is 12.1. The topological polar surface area (TPSA) is 63.2 Å². The molecule has 4 nitrogen and oxygen atoms in total. The Bertz CT molecular complexity index is 1430. The van der Waals surface area contributed by atoms with Gasteiger partial charge in [0, 0.05) is 22.3 Å². The summed E-state index contributed by atoms with van der Waals surface area (Å²) >= 11 is 0. The van der Waals surface area contributed by atoms with Gasteiger partial charge in [0.2, 0.25) is 0 Å². The predicted molar refractivity (Wildman–Crippen MR) is 138 cm³/mol. The van der Waals surface area contributed by atoms with E-state index in [1.807, 2.05) is 12.1 Å². The highest BCUT2D eigenvalue weighted by Gasteiger charge is 2.31. The van der Waals surface area contributed by atoms with Crippen molar-refractivity contribution in [2.75, 3.05) is 5.32 Å². The van der Waals surface area contributed by atoms with Gasteiger partial charge in [0.05, 0.1) is 11.3 Å². The lowest BCUT2D eigenvalue weighted by Crippen LogP contribution is -2.23. The monoisotopic (exact) mass is 459 g/mol. The number of benzene rings is 4. The standard InChI is InChI=1S/C31H25NO3/c1-2-3-7-20-12-14-21(15-13-20)22-16-18-23(19-17-22)31(35)32-27-11-6-10-26-28(27)30(34)25-9-5-4-8-24(25)29(26)33/h4-6,8-19H,2-3,7H2,1H3,(H,32,35). The second-order valence-electron chi connectivity index (χ2n) is 8.76. The van der Waals surface area contributed by atoms with Crippen LogP contribution in [0.1, 0.15) is 67.5 Å². The van der Waals surface area contributed by atoms with E-state index >= 15 is 0 Å². The summed E-state index contributed by atoms with van der Waals surface area (Å²) in [7, 11) is 0. The quantitative estimate of drug-likeness (QED) is 0.306. The summed E-state index contributed by atoms with van der Waals surface area (Å²) in [5.74, 6) is -0.806. The fraction of sp³-hybridized carbons (Fsp3) is 0.129. The van der Waals surface area contributed by atoms with E-state index in [1.54, 1.807) is 54.6 Å². The molecule has 1 N–H and O–H groups in total. The first-order valence-electron chi connectivity index (χ1n) is 11.9. The van der Waals surface area contributed by atoms with E-state index in [4.69, 9.17) is 0 Å². The van der Waals surface area contributed by atoms with Crippen LogP contribution in [-0.2, 0) is 6.42 Å². The number of hydrogen-bond donors (Lipinski definition) is 1. The van der Waals surface area contributed by atoms with Gasteiger partial charge < -0.3 is 5.32 Å². The number of carbonyl (C=O) groups excluding carboxylic acids is 3. The Morgan fingerprint density at radius 3 is 1.94 bits per heavy atom. The molecule has 35 heavy (non-hydrogen) atoms. The van der Waals surface area contributed by atoms with E-state index in [1.165, 1.54) is 18.4 Å². The van der Waals surface area contributed by atoms with Crippen molar-refractivity contribution in [2.24, 2.45) is 0 Å². The zero-order valence-corrected chi connectivity index (χ0v) is 19.5. The van der Waals surface area contributed by atoms with Crippen LogP contribution in [0.15, 0.2) is 91.0 Å². The third-order valence-corrected chi connectivity index (χ3v) is 6.45. The number of anilines is 1. The molecule has 172 valence electrons. The van der Waals surface area contributed by atoms with Crippen LogP contribution in [-0.4, -0.2) is 17.5 Å². The summed E-state index contributed by atoms with van der Waals surface area (Å²) < 4.78 is 0. The summed E-state index contributed by atoms with van der Waals surface area (Å²) in [4.78, 5) is 39.1. The van der Waals surface area contributed by atoms with Crippen molar-refractivity contribution in [1.29, 1.82) is 0 Å². The van der Waals surface area contributed by atoms with Crippen LogP contribution >= 0.6 is 0 Å². The SMILES string of the molecule is CCCCc1ccc(-c2ccc(C(=O)Nc3cccc4c3C(=O)c3ccccc3C4=O)cc2)cc1. The maximum Gasteiger partial charge on any atom is 0.255 e. The van der Waals surface area contributed by atoms with Gasteiger partial charge in [0.25, 0.3) is 5.91 Å². The number of nitrogens with one attached hydrogen (secondary N) is 1. The fourth-order valence-electron chi connectivity index (χ4n) is 4.50. The van der Waals surface area contributed by atoms with E-state index in [9.17, 15) is 14.4 Å². The molecule has 0 bridgehead atoms. The third kappa shape index (κ3) is 4.31. The molecular weight excluding hydrogens is 434 g/mol. The summed E-state index contributed by atoms with van der Waals surface area (Å²) in [5, 5.41) is 2.84. The molecule has 1 amide bonds. The Morgan fingerprint density at radius 1 is 0.686 bits per heavy atom. The molecule has 0 radical (unpaired) electrons. The summed E-state index contributed by atoms with van der Waals surface area (Å²) in [6.07, 6.45) is 3.44. The van der Waals surface area contributed by atoms with Gasteiger partial charge in [-0.1, -0.05) is 86.1 Å². The lowest BCUT2D eigenvalue weighted by molar-refractivity contribution is 0.0978. The molecule has 0 spiro atoms. The van der Waals surface area contributed by atoms with Crippen LogP contribution in [0.25, 0.3) is 11.1 Å². The second kappa shape index (κ2) is 9.51. The average molecular weight is 460 g/mol. The van der Waals surface area contributed by atoms with Crippen molar-refractivity contribution in [1.82, 2.24) is 0 Å². The van der Waals surface area contributed by atoms with Gasteiger partial charge >= 0.3 is 0 Å². The van der Waals surface area contributed by atoms with Crippen LogP contribution < -0.4 is 5.32 Å². The van der Waals surface area contributed by atoms with Gasteiger partial charge in [-0.15, -0.1) is 0 Å². The van der Waals surface area contributed by atoms with Crippen LogP contribution in [0.3, 0.4) is 0 Å². The molecule has 4 aromatic carbocycles. The molecule has 0 saturated carbocycles. The number of ketones is 2. The maximum absolute atomic E-state index is 13.2. The smallest absolute Gasteiger partial charge is 0.255 e. The number of hydrogen-bond acceptors (Lipinski definition) is 3. The number of aryl methyl sites for hydroxylation is 1. The van der Waals surface area contributed by atoms with Crippen LogP contribution in [0, 0.1) is 0 Å². The Balaban J connectivity index is 1.37. The van der Waals surface area contributed by atoms with E-state index in [-0.39, 0.29) is 23.0 Å². The maximum atomic E-state index is 13.2. The van der Waals surface area contributed by atoms with Gasteiger partial charge in [-0.3, -0.25) is 14.4 Å². The molecule has 0 saturated heterocycles. The Hall–Kier alpha value is -4.31. The number of unbranched alkanes of at least 4 members (excludes halogenated alkanes) is 1. The molecule has 0 unspecified atom stereocenters. The zero-order chi connectivity index (χ0) is 24.4. The van der Waals surface area contributed by atoms with Crippen LogP contribution in [0.4, 0.5) is 5.69 Å². The molecular formula is C31H25NO3. The fourth-order valence-corrected chi connectivity index (χ4v) is 4.50. The lowest BCUT2D eigenvalue weighted by Gasteiger charge is -2.20. The Labute approximate surface area is 204 Å². The minimum Gasteiger partial charge on any atom is -0.321 e. The molecule has 5 rings (SSSR count). The van der Waals surface area contributed by atoms with Crippen molar-refractivity contribution in [3.63, 3.8) is 0 Å². The second-order valence-corrected chi connectivity index (χ2v) is 8.76. The first-order valence-corrected chi connectivity index (χ1v) is 11.9. The van der Waals surface area contributed by atoms with Crippen LogP contribution in [0.5, 0.6) is 0 Å². The molecule has 0 aromatic heterocycles. The first kappa shape index (κ1) is 22.5. The highest BCUT2D eigenvalue weighted by molar-refractivity contribution is 6.30.